The summed E-state index contributed by atoms with van der Waals surface area (Å²) in [4.78, 5) is 9.19. The molecule has 2 aromatic heterocycles. The molecule has 0 saturated heterocycles. The average Bonchev–Trinajstić information content (AvgIpc) is 2.61. The number of aromatic nitrogens is 2. The molecule has 2 aromatic rings. The van der Waals surface area contributed by atoms with Crippen LogP contribution in [0.25, 0.3) is 10.8 Å². The highest BCUT2D eigenvalue weighted by Crippen LogP contribution is 2.23. The van der Waals surface area contributed by atoms with Crippen molar-refractivity contribution in [2.45, 2.75) is 13.8 Å². The molecular formula is C8H8N2OS. The maximum atomic E-state index is 5.42. The fraction of sp³-hybridized carbons (Fsp3) is 0.250. The number of rotatable bonds is 1. The van der Waals surface area contributed by atoms with E-state index in [1.54, 1.807) is 11.7 Å². The number of aryl methyl sites for hydroxylation is 2. The Morgan fingerprint density at radius 3 is 2.75 bits per heavy atom. The van der Waals surface area contributed by atoms with Crippen LogP contribution in [0.15, 0.2) is 16.1 Å². The minimum Gasteiger partial charge on any atom is -0.440 e. The molecule has 0 aromatic carbocycles. The Balaban J connectivity index is 2.48. The van der Waals surface area contributed by atoms with Gasteiger partial charge in [-0.25, -0.2) is 4.98 Å². The smallest absolute Gasteiger partial charge is 0.238 e. The summed E-state index contributed by atoms with van der Waals surface area (Å²) in [5.41, 5.74) is 2.71. The van der Waals surface area contributed by atoms with Crippen LogP contribution in [0.5, 0.6) is 0 Å². The summed E-state index contributed by atoms with van der Waals surface area (Å²) >= 11 is 1.53. The third-order valence-corrected chi connectivity index (χ3v) is 2.43. The molecule has 0 saturated carbocycles. The van der Waals surface area contributed by atoms with E-state index in [0.29, 0.717) is 5.89 Å². The normalized spacial score (nSPS) is 10.5. The van der Waals surface area contributed by atoms with E-state index in [-0.39, 0.29) is 0 Å². The van der Waals surface area contributed by atoms with Crippen LogP contribution in [-0.4, -0.2) is 9.97 Å². The number of nitrogens with zero attached hydrogens (tertiary/aromatic N) is 2. The summed E-state index contributed by atoms with van der Waals surface area (Å²) in [6.45, 7) is 3.84. The van der Waals surface area contributed by atoms with Gasteiger partial charge in [0.1, 0.15) is 10.6 Å². The fourth-order valence-electron chi connectivity index (χ4n) is 0.900. The molecule has 0 bridgehead atoms. The lowest BCUT2D eigenvalue weighted by molar-refractivity contribution is 0.542. The first-order chi connectivity index (χ1) is 5.77. The zero-order valence-corrected chi connectivity index (χ0v) is 7.68. The van der Waals surface area contributed by atoms with Crippen LogP contribution in [0.4, 0.5) is 0 Å². The van der Waals surface area contributed by atoms with Crippen LogP contribution < -0.4 is 0 Å². The van der Waals surface area contributed by atoms with Crippen molar-refractivity contribution >= 4 is 11.3 Å². The van der Waals surface area contributed by atoms with Gasteiger partial charge in [-0.15, -0.1) is 11.3 Å². The van der Waals surface area contributed by atoms with Gasteiger partial charge < -0.3 is 4.42 Å². The van der Waals surface area contributed by atoms with Gasteiger partial charge >= 0.3 is 0 Å². The number of hydrogen-bond acceptors (Lipinski definition) is 4. The van der Waals surface area contributed by atoms with Crippen molar-refractivity contribution in [1.29, 1.82) is 0 Å². The summed E-state index contributed by atoms with van der Waals surface area (Å²) in [6.07, 6.45) is 1.76. The van der Waals surface area contributed by atoms with Gasteiger partial charge in [0.2, 0.25) is 5.89 Å². The van der Waals surface area contributed by atoms with Gasteiger partial charge in [-0.3, -0.25) is 4.98 Å². The van der Waals surface area contributed by atoms with Gasteiger partial charge in [-0.2, -0.15) is 0 Å². The summed E-state index contributed by atoms with van der Waals surface area (Å²) in [7, 11) is 0. The molecule has 62 valence electrons. The first-order valence-electron chi connectivity index (χ1n) is 3.60. The Kier molecular flexibility index (Phi) is 1.69. The fourth-order valence-corrected chi connectivity index (χ4v) is 1.44. The quantitative estimate of drug-likeness (QED) is 0.676. The van der Waals surface area contributed by atoms with Crippen molar-refractivity contribution in [2.75, 3.05) is 0 Å². The number of hydrogen-bond donors (Lipinski definition) is 0. The van der Waals surface area contributed by atoms with Gasteiger partial charge in [0.15, 0.2) is 0 Å². The lowest BCUT2D eigenvalue weighted by Gasteiger charge is -1.83. The zero-order valence-electron chi connectivity index (χ0n) is 6.87. The highest BCUT2D eigenvalue weighted by molar-refractivity contribution is 7.13. The molecule has 0 amide bonds. The van der Waals surface area contributed by atoms with E-state index in [0.717, 1.165) is 16.3 Å². The second-order valence-corrected chi connectivity index (χ2v) is 3.41. The highest BCUT2D eigenvalue weighted by Gasteiger charge is 2.08. The Hall–Kier alpha value is -1.16. The van der Waals surface area contributed by atoms with Gasteiger partial charge in [0, 0.05) is 0 Å². The third-order valence-electron chi connectivity index (χ3n) is 1.67. The first-order valence-corrected chi connectivity index (χ1v) is 4.48. The van der Waals surface area contributed by atoms with Crippen molar-refractivity contribution in [2.24, 2.45) is 0 Å². The molecule has 0 aliphatic rings. The van der Waals surface area contributed by atoms with Crippen molar-refractivity contribution in [3.8, 4) is 10.8 Å². The minimum absolute atomic E-state index is 0.674. The maximum absolute atomic E-state index is 5.42. The van der Waals surface area contributed by atoms with Crippen LogP contribution in [0.2, 0.25) is 0 Å². The summed E-state index contributed by atoms with van der Waals surface area (Å²) in [5.74, 6) is 1.55. The van der Waals surface area contributed by atoms with E-state index in [2.05, 4.69) is 9.97 Å². The predicted molar refractivity (Wildman–Crippen MR) is 47.1 cm³/mol. The molecule has 2 heterocycles. The van der Waals surface area contributed by atoms with E-state index in [4.69, 9.17) is 4.42 Å². The molecule has 0 aliphatic carbocycles. The number of thiazole rings is 1. The lowest BCUT2D eigenvalue weighted by atomic mass is 10.4. The van der Waals surface area contributed by atoms with Crippen molar-refractivity contribution in [1.82, 2.24) is 9.97 Å². The van der Waals surface area contributed by atoms with E-state index in [1.807, 2.05) is 13.8 Å². The van der Waals surface area contributed by atoms with Crippen molar-refractivity contribution in [3.05, 3.63) is 23.2 Å². The van der Waals surface area contributed by atoms with E-state index >= 15 is 0 Å². The molecule has 4 heteroatoms. The Labute approximate surface area is 74.1 Å². The SMILES string of the molecule is Cc1nc(-c2cncs2)oc1C. The van der Waals surface area contributed by atoms with E-state index in [9.17, 15) is 0 Å². The van der Waals surface area contributed by atoms with Crippen LogP contribution in [0.1, 0.15) is 11.5 Å². The molecule has 0 unspecified atom stereocenters. The molecule has 0 N–H and O–H groups in total. The molecule has 0 radical (unpaired) electrons. The molecule has 12 heavy (non-hydrogen) atoms. The van der Waals surface area contributed by atoms with Crippen LogP contribution >= 0.6 is 11.3 Å². The Morgan fingerprint density at radius 2 is 2.25 bits per heavy atom. The molecule has 0 fully saturated rings. The molecule has 2 rings (SSSR count). The molecule has 0 aliphatic heterocycles. The van der Waals surface area contributed by atoms with Crippen LogP contribution in [0, 0.1) is 13.8 Å². The van der Waals surface area contributed by atoms with Gasteiger partial charge in [-0.05, 0) is 13.8 Å². The highest BCUT2D eigenvalue weighted by atomic mass is 32.1. The third kappa shape index (κ3) is 1.14. The average molecular weight is 180 g/mol. The van der Waals surface area contributed by atoms with Crippen LogP contribution in [0.3, 0.4) is 0 Å². The molecule has 0 spiro atoms. The molecular weight excluding hydrogens is 172 g/mol. The van der Waals surface area contributed by atoms with Crippen LogP contribution in [-0.2, 0) is 0 Å². The van der Waals surface area contributed by atoms with Gasteiger partial charge in [-0.1, -0.05) is 0 Å². The van der Waals surface area contributed by atoms with Crippen molar-refractivity contribution in [3.63, 3.8) is 0 Å². The summed E-state index contributed by atoms with van der Waals surface area (Å²) in [6, 6.07) is 0. The van der Waals surface area contributed by atoms with Gasteiger partial charge in [0.05, 0.1) is 17.4 Å². The standard InChI is InChI=1S/C8H8N2OS/c1-5-6(2)11-8(10-5)7-3-9-4-12-7/h3-4H,1-2H3. The first kappa shape index (κ1) is 7.49. The second-order valence-electron chi connectivity index (χ2n) is 2.53. The van der Waals surface area contributed by atoms with E-state index in [1.165, 1.54) is 11.3 Å². The second kappa shape index (κ2) is 2.71. The summed E-state index contributed by atoms with van der Waals surface area (Å²) in [5, 5.41) is 0. The van der Waals surface area contributed by atoms with E-state index < -0.39 is 0 Å². The van der Waals surface area contributed by atoms with Gasteiger partial charge in [0.25, 0.3) is 0 Å². The topological polar surface area (TPSA) is 38.9 Å². The summed E-state index contributed by atoms with van der Waals surface area (Å²) < 4.78 is 5.42. The maximum Gasteiger partial charge on any atom is 0.238 e. The Morgan fingerprint density at radius 1 is 1.42 bits per heavy atom. The molecule has 0 atom stereocenters. The lowest BCUT2D eigenvalue weighted by Crippen LogP contribution is -1.72. The Bertz CT molecular complexity index is 358. The largest absolute Gasteiger partial charge is 0.440 e. The monoisotopic (exact) mass is 180 g/mol. The number of oxazole rings is 1. The zero-order chi connectivity index (χ0) is 8.55. The van der Waals surface area contributed by atoms with Crippen molar-refractivity contribution < 1.29 is 4.42 Å². The molecule has 3 nitrogen and oxygen atoms in total. The predicted octanol–water partition coefficient (Wildman–Crippen LogP) is 2.41. The minimum atomic E-state index is 0.674.